The molecule has 1 fully saturated rings. The monoisotopic (exact) mass is 179 g/mol. The van der Waals surface area contributed by atoms with Gasteiger partial charge in [0.1, 0.15) is 11.5 Å². The Bertz CT molecular complexity index is 327. The van der Waals surface area contributed by atoms with Crippen molar-refractivity contribution in [1.29, 1.82) is 0 Å². The van der Waals surface area contributed by atoms with Crippen LogP contribution < -0.4 is 5.73 Å². The molecule has 1 aliphatic rings. The van der Waals surface area contributed by atoms with Crippen LogP contribution in [0.2, 0.25) is 0 Å². The van der Waals surface area contributed by atoms with E-state index in [1.807, 2.05) is 13.0 Å². The number of aryl methyl sites for hydroxylation is 1. The average Bonchev–Trinajstić information content (AvgIpc) is 2.43. The molecule has 1 unspecified atom stereocenters. The van der Waals surface area contributed by atoms with Crippen LogP contribution in [0, 0.1) is 12.3 Å². The first-order valence-electron chi connectivity index (χ1n) is 4.79. The van der Waals surface area contributed by atoms with Gasteiger partial charge in [-0.15, -0.1) is 0 Å². The van der Waals surface area contributed by atoms with Crippen molar-refractivity contribution in [3.63, 3.8) is 0 Å². The smallest absolute Gasteiger partial charge is 0.112 e. The first kappa shape index (κ1) is 8.82. The van der Waals surface area contributed by atoms with Crippen LogP contribution in [0.4, 0.5) is 0 Å². The standard InChI is InChI=1S/C11H17NO/c1-8-4-5-9(13-8)11(7-12)6-10(11,2)3/h4-5H,6-7,12H2,1-3H3. The quantitative estimate of drug-likeness (QED) is 0.756. The summed E-state index contributed by atoms with van der Waals surface area (Å²) in [7, 11) is 0. The Labute approximate surface area is 79.1 Å². The van der Waals surface area contributed by atoms with Crippen molar-refractivity contribution >= 4 is 0 Å². The molecule has 2 heteroatoms. The van der Waals surface area contributed by atoms with Crippen molar-refractivity contribution in [2.24, 2.45) is 11.1 Å². The van der Waals surface area contributed by atoms with Crippen molar-refractivity contribution in [1.82, 2.24) is 0 Å². The summed E-state index contributed by atoms with van der Waals surface area (Å²) in [5, 5.41) is 0. The Balaban J connectivity index is 2.35. The number of rotatable bonds is 2. The molecule has 1 aliphatic carbocycles. The predicted octanol–water partition coefficient (Wildman–Crippen LogP) is 2.21. The average molecular weight is 179 g/mol. The van der Waals surface area contributed by atoms with Gasteiger partial charge in [-0.2, -0.15) is 0 Å². The van der Waals surface area contributed by atoms with Crippen LogP contribution in [0.25, 0.3) is 0 Å². The summed E-state index contributed by atoms with van der Waals surface area (Å²) in [5.74, 6) is 2.04. The molecule has 0 amide bonds. The van der Waals surface area contributed by atoms with Crippen LogP contribution in [0.15, 0.2) is 16.5 Å². The second kappa shape index (κ2) is 2.38. The van der Waals surface area contributed by atoms with Gasteiger partial charge < -0.3 is 10.2 Å². The summed E-state index contributed by atoms with van der Waals surface area (Å²) >= 11 is 0. The highest BCUT2D eigenvalue weighted by atomic mass is 16.3. The van der Waals surface area contributed by atoms with Gasteiger partial charge in [0.2, 0.25) is 0 Å². The molecule has 2 N–H and O–H groups in total. The van der Waals surface area contributed by atoms with E-state index in [4.69, 9.17) is 10.2 Å². The van der Waals surface area contributed by atoms with E-state index < -0.39 is 0 Å². The summed E-state index contributed by atoms with van der Waals surface area (Å²) in [6, 6.07) is 4.08. The predicted molar refractivity (Wildman–Crippen MR) is 52.6 cm³/mol. The minimum absolute atomic E-state index is 0.112. The maximum atomic E-state index is 5.83. The number of hydrogen-bond acceptors (Lipinski definition) is 2. The second-order valence-electron chi connectivity index (χ2n) is 4.76. The molecule has 72 valence electrons. The van der Waals surface area contributed by atoms with Crippen LogP contribution in [-0.2, 0) is 5.41 Å². The highest BCUT2D eigenvalue weighted by Gasteiger charge is 2.63. The van der Waals surface area contributed by atoms with Gasteiger partial charge in [-0.05, 0) is 30.9 Å². The molecule has 1 atom stereocenters. The van der Waals surface area contributed by atoms with Crippen LogP contribution in [0.5, 0.6) is 0 Å². The molecule has 0 radical (unpaired) electrons. The van der Waals surface area contributed by atoms with Crippen molar-refractivity contribution in [3.05, 3.63) is 23.7 Å². The fraction of sp³-hybridized carbons (Fsp3) is 0.636. The molecule has 1 aromatic heterocycles. The van der Waals surface area contributed by atoms with Crippen molar-refractivity contribution < 1.29 is 4.42 Å². The summed E-state index contributed by atoms with van der Waals surface area (Å²) in [5.41, 5.74) is 6.25. The Morgan fingerprint density at radius 3 is 2.38 bits per heavy atom. The molecule has 1 aromatic rings. The number of nitrogens with two attached hydrogens (primary N) is 1. The van der Waals surface area contributed by atoms with Gasteiger partial charge in [0, 0.05) is 12.0 Å². The van der Waals surface area contributed by atoms with E-state index in [2.05, 4.69) is 19.9 Å². The largest absolute Gasteiger partial charge is 0.466 e. The lowest BCUT2D eigenvalue weighted by molar-refractivity contribution is 0.387. The van der Waals surface area contributed by atoms with E-state index in [9.17, 15) is 0 Å². The summed E-state index contributed by atoms with van der Waals surface area (Å²) in [6.07, 6.45) is 1.14. The lowest BCUT2D eigenvalue weighted by Gasteiger charge is -2.15. The first-order chi connectivity index (χ1) is 6.02. The molecule has 0 aliphatic heterocycles. The van der Waals surface area contributed by atoms with E-state index >= 15 is 0 Å². The highest BCUT2D eigenvalue weighted by molar-refractivity contribution is 5.31. The number of furan rings is 1. The molecule has 1 saturated carbocycles. The van der Waals surface area contributed by atoms with Gasteiger partial charge in [0.15, 0.2) is 0 Å². The summed E-state index contributed by atoms with van der Waals surface area (Å²) < 4.78 is 5.66. The van der Waals surface area contributed by atoms with E-state index in [-0.39, 0.29) is 5.41 Å². The molecule has 13 heavy (non-hydrogen) atoms. The van der Waals surface area contributed by atoms with Crippen molar-refractivity contribution in [2.45, 2.75) is 32.6 Å². The second-order valence-corrected chi connectivity index (χ2v) is 4.76. The summed E-state index contributed by atoms with van der Waals surface area (Å²) in [6.45, 7) is 7.16. The third kappa shape index (κ3) is 1.05. The van der Waals surface area contributed by atoms with Crippen LogP contribution >= 0.6 is 0 Å². The topological polar surface area (TPSA) is 39.2 Å². The van der Waals surface area contributed by atoms with Gasteiger partial charge in [0.05, 0.1) is 0 Å². The maximum Gasteiger partial charge on any atom is 0.112 e. The fourth-order valence-electron chi connectivity index (χ4n) is 2.27. The van der Waals surface area contributed by atoms with Gasteiger partial charge in [0.25, 0.3) is 0 Å². The maximum absolute atomic E-state index is 5.83. The van der Waals surface area contributed by atoms with Gasteiger partial charge >= 0.3 is 0 Å². The fourth-order valence-corrected chi connectivity index (χ4v) is 2.27. The highest BCUT2D eigenvalue weighted by Crippen LogP contribution is 2.63. The lowest BCUT2D eigenvalue weighted by Crippen LogP contribution is -2.24. The van der Waals surface area contributed by atoms with E-state index in [0.29, 0.717) is 12.0 Å². The van der Waals surface area contributed by atoms with Crippen LogP contribution in [0.1, 0.15) is 31.8 Å². The third-order valence-corrected chi connectivity index (χ3v) is 3.47. The zero-order valence-electron chi connectivity index (χ0n) is 8.55. The molecule has 0 saturated heterocycles. The minimum atomic E-state index is 0.112. The third-order valence-electron chi connectivity index (χ3n) is 3.47. The number of hydrogen-bond donors (Lipinski definition) is 1. The van der Waals surface area contributed by atoms with E-state index in [1.54, 1.807) is 0 Å². The molecule has 0 aromatic carbocycles. The zero-order valence-corrected chi connectivity index (χ0v) is 8.55. The molecular weight excluding hydrogens is 162 g/mol. The molecular formula is C11H17NO. The molecule has 2 rings (SSSR count). The molecule has 2 nitrogen and oxygen atoms in total. The Hall–Kier alpha value is -0.760. The molecule has 1 heterocycles. The van der Waals surface area contributed by atoms with Crippen molar-refractivity contribution in [2.75, 3.05) is 6.54 Å². The SMILES string of the molecule is Cc1ccc(C2(CN)CC2(C)C)o1. The zero-order chi connectivity index (χ0) is 9.69. The molecule has 0 spiro atoms. The van der Waals surface area contributed by atoms with Crippen molar-refractivity contribution in [3.8, 4) is 0 Å². The Morgan fingerprint density at radius 2 is 2.08 bits per heavy atom. The van der Waals surface area contributed by atoms with E-state index in [0.717, 1.165) is 17.9 Å². The van der Waals surface area contributed by atoms with Gasteiger partial charge in [-0.1, -0.05) is 13.8 Å². The summed E-state index contributed by atoms with van der Waals surface area (Å²) in [4.78, 5) is 0. The normalized spacial score (nSPS) is 30.5. The van der Waals surface area contributed by atoms with Gasteiger partial charge in [-0.3, -0.25) is 0 Å². The van der Waals surface area contributed by atoms with E-state index in [1.165, 1.54) is 0 Å². The Kier molecular flexibility index (Phi) is 1.62. The van der Waals surface area contributed by atoms with Crippen LogP contribution in [-0.4, -0.2) is 6.54 Å². The first-order valence-corrected chi connectivity index (χ1v) is 4.79. The van der Waals surface area contributed by atoms with Crippen LogP contribution in [0.3, 0.4) is 0 Å². The lowest BCUT2D eigenvalue weighted by atomic mass is 9.93. The Morgan fingerprint density at radius 1 is 1.46 bits per heavy atom. The molecule has 0 bridgehead atoms. The minimum Gasteiger partial charge on any atom is -0.466 e. The van der Waals surface area contributed by atoms with Gasteiger partial charge in [-0.25, -0.2) is 0 Å².